The second kappa shape index (κ2) is 5.30. The summed E-state index contributed by atoms with van der Waals surface area (Å²) in [5.41, 5.74) is 3.29. The molecule has 4 heteroatoms. The van der Waals surface area contributed by atoms with Crippen molar-refractivity contribution >= 4 is 0 Å². The molecule has 4 nitrogen and oxygen atoms in total. The fourth-order valence-electron chi connectivity index (χ4n) is 2.79. The highest BCUT2D eigenvalue weighted by Gasteiger charge is 2.18. The van der Waals surface area contributed by atoms with Gasteiger partial charge in [-0.15, -0.1) is 0 Å². The van der Waals surface area contributed by atoms with E-state index in [1.54, 1.807) is 17.0 Å². The van der Waals surface area contributed by atoms with Gasteiger partial charge >= 0.3 is 0 Å². The van der Waals surface area contributed by atoms with Gasteiger partial charge in [0.2, 0.25) is 0 Å². The van der Waals surface area contributed by atoms with Crippen LogP contribution in [0.2, 0.25) is 0 Å². The fourth-order valence-corrected chi connectivity index (χ4v) is 2.79. The topological polar surface area (TPSA) is 58.7 Å². The van der Waals surface area contributed by atoms with Crippen LogP contribution in [0.25, 0.3) is 0 Å². The molecule has 0 aliphatic heterocycles. The van der Waals surface area contributed by atoms with Gasteiger partial charge in [-0.1, -0.05) is 0 Å². The number of hydrogen-bond donors (Lipinski definition) is 0. The molecule has 1 aliphatic rings. The minimum atomic E-state index is -0.176. The van der Waals surface area contributed by atoms with Crippen molar-refractivity contribution in [3.63, 3.8) is 0 Å². The molecule has 0 saturated heterocycles. The first-order valence-corrected chi connectivity index (χ1v) is 6.84. The van der Waals surface area contributed by atoms with Gasteiger partial charge in [-0.2, -0.15) is 5.26 Å². The van der Waals surface area contributed by atoms with Gasteiger partial charge in [0.15, 0.2) is 0 Å². The third-order valence-electron chi connectivity index (χ3n) is 3.81. The molecule has 0 radical (unpaired) electrons. The molecule has 0 fully saturated rings. The number of nitriles is 1. The Kier molecular flexibility index (Phi) is 3.34. The van der Waals surface area contributed by atoms with E-state index in [2.05, 4.69) is 11.1 Å². The van der Waals surface area contributed by atoms with Crippen molar-refractivity contribution in [1.29, 1.82) is 5.26 Å². The zero-order valence-electron chi connectivity index (χ0n) is 11.2. The van der Waals surface area contributed by atoms with Crippen LogP contribution in [0.3, 0.4) is 0 Å². The highest BCUT2D eigenvalue weighted by molar-refractivity contribution is 5.42. The van der Waals surface area contributed by atoms with Crippen molar-refractivity contribution in [1.82, 2.24) is 9.55 Å². The molecule has 0 atom stereocenters. The van der Waals surface area contributed by atoms with E-state index in [9.17, 15) is 10.1 Å². The number of hydrogen-bond acceptors (Lipinski definition) is 3. The van der Waals surface area contributed by atoms with Crippen LogP contribution < -0.4 is 5.56 Å². The van der Waals surface area contributed by atoms with Crippen molar-refractivity contribution in [2.45, 2.75) is 32.2 Å². The van der Waals surface area contributed by atoms with E-state index < -0.39 is 0 Å². The van der Waals surface area contributed by atoms with Crippen LogP contribution in [0.4, 0.5) is 0 Å². The third-order valence-corrected chi connectivity index (χ3v) is 3.81. The molecular weight excluding hydrogens is 250 g/mol. The minimum Gasteiger partial charge on any atom is -0.310 e. The second-order valence-electron chi connectivity index (χ2n) is 5.12. The zero-order valence-corrected chi connectivity index (χ0v) is 11.2. The normalized spacial score (nSPS) is 13.6. The summed E-state index contributed by atoms with van der Waals surface area (Å²) in [4.78, 5) is 16.4. The molecule has 20 heavy (non-hydrogen) atoms. The SMILES string of the molecule is N#Cc1c2c(cn(Cc3ccncc3)c1=O)CCCC2. The van der Waals surface area contributed by atoms with Crippen LogP contribution in [0.15, 0.2) is 35.5 Å². The molecule has 3 rings (SSSR count). The maximum Gasteiger partial charge on any atom is 0.269 e. The molecule has 2 heterocycles. The lowest BCUT2D eigenvalue weighted by atomic mass is 9.90. The lowest BCUT2D eigenvalue weighted by molar-refractivity contribution is 0.654. The zero-order chi connectivity index (χ0) is 13.9. The van der Waals surface area contributed by atoms with E-state index in [0.717, 1.165) is 42.4 Å². The van der Waals surface area contributed by atoms with Gasteiger partial charge in [0.25, 0.3) is 5.56 Å². The van der Waals surface area contributed by atoms with E-state index in [0.29, 0.717) is 12.1 Å². The van der Waals surface area contributed by atoms with Crippen LogP contribution in [0, 0.1) is 11.3 Å². The lowest BCUT2D eigenvalue weighted by Crippen LogP contribution is -2.27. The standard InChI is InChI=1S/C16H15N3O/c17-9-15-14-4-2-1-3-13(14)11-19(16(15)20)10-12-5-7-18-8-6-12/h5-8,11H,1-4,10H2. The Morgan fingerprint density at radius 1 is 1.25 bits per heavy atom. The molecule has 0 aromatic carbocycles. The molecule has 2 aromatic rings. The first-order chi connectivity index (χ1) is 9.79. The van der Waals surface area contributed by atoms with Crippen LogP contribution in [0.1, 0.15) is 35.1 Å². The molecule has 0 bridgehead atoms. The van der Waals surface area contributed by atoms with Gasteiger partial charge < -0.3 is 4.57 Å². The quantitative estimate of drug-likeness (QED) is 0.835. The number of nitrogens with zero attached hydrogens (tertiary/aromatic N) is 3. The van der Waals surface area contributed by atoms with Crippen molar-refractivity contribution in [3.05, 3.63) is 63.3 Å². The monoisotopic (exact) mass is 265 g/mol. The van der Waals surface area contributed by atoms with Crippen molar-refractivity contribution in [3.8, 4) is 6.07 Å². The summed E-state index contributed by atoms with van der Waals surface area (Å²) in [5, 5.41) is 9.29. The summed E-state index contributed by atoms with van der Waals surface area (Å²) in [5.74, 6) is 0. The minimum absolute atomic E-state index is 0.176. The number of rotatable bonds is 2. The van der Waals surface area contributed by atoms with Crippen LogP contribution >= 0.6 is 0 Å². The predicted octanol–water partition coefficient (Wildman–Crippen LogP) is 2.04. The van der Waals surface area contributed by atoms with Crippen LogP contribution in [-0.2, 0) is 19.4 Å². The van der Waals surface area contributed by atoms with E-state index in [4.69, 9.17) is 0 Å². The molecule has 0 spiro atoms. The fraction of sp³-hybridized carbons (Fsp3) is 0.312. The molecule has 0 N–H and O–H groups in total. The number of pyridine rings is 2. The third kappa shape index (κ3) is 2.23. The summed E-state index contributed by atoms with van der Waals surface area (Å²) in [6, 6.07) is 5.88. The summed E-state index contributed by atoms with van der Waals surface area (Å²) >= 11 is 0. The number of fused-ring (bicyclic) bond motifs is 1. The predicted molar refractivity (Wildman–Crippen MR) is 75.4 cm³/mol. The number of aryl methyl sites for hydroxylation is 1. The Morgan fingerprint density at radius 2 is 2.00 bits per heavy atom. The van der Waals surface area contributed by atoms with Gasteiger partial charge in [0.05, 0.1) is 6.54 Å². The van der Waals surface area contributed by atoms with E-state index >= 15 is 0 Å². The van der Waals surface area contributed by atoms with E-state index in [1.807, 2.05) is 18.3 Å². The van der Waals surface area contributed by atoms with Crippen molar-refractivity contribution < 1.29 is 0 Å². The Morgan fingerprint density at radius 3 is 2.75 bits per heavy atom. The largest absolute Gasteiger partial charge is 0.310 e. The maximum atomic E-state index is 12.4. The van der Waals surface area contributed by atoms with Crippen LogP contribution in [0.5, 0.6) is 0 Å². The smallest absolute Gasteiger partial charge is 0.269 e. The Hall–Kier alpha value is -2.41. The Balaban J connectivity index is 2.08. The molecule has 2 aromatic heterocycles. The average molecular weight is 265 g/mol. The summed E-state index contributed by atoms with van der Waals surface area (Å²) in [6.45, 7) is 0.489. The summed E-state index contributed by atoms with van der Waals surface area (Å²) < 4.78 is 1.65. The summed E-state index contributed by atoms with van der Waals surface area (Å²) in [7, 11) is 0. The average Bonchev–Trinajstić information content (AvgIpc) is 2.49. The Bertz CT molecular complexity index is 726. The highest BCUT2D eigenvalue weighted by atomic mass is 16.1. The van der Waals surface area contributed by atoms with Crippen LogP contribution in [-0.4, -0.2) is 9.55 Å². The molecule has 0 saturated carbocycles. The van der Waals surface area contributed by atoms with Gasteiger partial charge in [-0.05, 0) is 54.5 Å². The van der Waals surface area contributed by atoms with Gasteiger partial charge in [0.1, 0.15) is 11.6 Å². The summed E-state index contributed by atoms with van der Waals surface area (Å²) in [6.07, 6.45) is 9.36. The molecule has 1 aliphatic carbocycles. The lowest BCUT2D eigenvalue weighted by Gasteiger charge is -2.19. The molecule has 0 amide bonds. The first-order valence-electron chi connectivity index (χ1n) is 6.84. The number of aromatic nitrogens is 2. The van der Waals surface area contributed by atoms with E-state index in [-0.39, 0.29) is 5.56 Å². The van der Waals surface area contributed by atoms with Crippen molar-refractivity contribution in [2.75, 3.05) is 0 Å². The van der Waals surface area contributed by atoms with E-state index in [1.165, 1.54) is 0 Å². The van der Waals surface area contributed by atoms with Crippen molar-refractivity contribution in [2.24, 2.45) is 0 Å². The Labute approximate surface area is 117 Å². The van der Waals surface area contributed by atoms with Gasteiger partial charge in [-0.25, -0.2) is 0 Å². The highest BCUT2D eigenvalue weighted by Crippen LogP contribution is 2.22. The van der Waals surface area contributed by atoms with Gasteiger partial charge in [0, 0.05) is 18.6 Å². The van der Waals surface area contributed by atoms with Gasteiger partial charge in [-0.3, -0.25) is 9.78 Å². The second-order valence-corrected chi connectivity index (χ2v) is 5.12. The molecular formula is C16H15N3O. The molecule has 100 valence electrons. The maximum absolute atomic E-state index is 12.4. The molecule has 0 unspecified atom stereocenters. The first kappa shape index (κ1) is 12.6.